The number of halogens is 1. The number of unbranched alkanes of at least 4 members (excludes halogenated alkanes) is 2. The molecular formula is C26H38ClNO5. The summed E-state index contributed by atoms with van der Waals surface area (Å²) in [6.07, 6.45) is 5.20. The lowest BCUT2D eigenvalue weighted by atomic mass is 10.1. The summed E-state index contributed by atoms with van der Waals surface area (Å²) in [5, 5.41) is 9.50. The molecule has 7 heteroatoms. The van der Waals surface area contributed by atoms with Crippen molar-refractivity contribution in [3.8, 4) is 11.5 Å². The molecule has 0 bridgehead atoms. The van der Waals surface area contributed by atoms with E-state index in [0.29, 0.717) is 16.5 Å². The molecule has 0 aliphatic heterocycles. The Hall–Kier alpha value is -2.73. The van der Waals surface area contributed by atoms with E-state index in [2.05, 4.69) is 6.92 Å². The quantitative estimate of drug-likeness (QED) is 0.272. The average molecular weight is 480 g/mol. The SMILES string of the molecule is C.CCCCCc1ccc(OCc2ccccc2Cl)c(OCC(=O)O)c1.CCN(C=O)CC. The van der Waals surface area contributed by atoms with Crippen molar-refractivity contribution in [2.45, 2.75) is 60.5 Å². The Bertz CT molecular complexity index is 824. The Kier molecular flexibility index (Phi) is 16.3. The summed E-state index contributed by atoms with van der Waals surface area (Å²) in [5.41, 5.74) is 1.97. The number of carboxylic acids is 1. The molecule has 0 heterocycles. The van der Waals surface area contributed by atoms with Crippen molar-refractivity contribution < 1.29 is 24.2 Å². The minimum atomic E-state index is -1.02. The molecule has 0 atom stereocenters. The minimum Gasteiger partial charge on any atom is -0.485 e. The van der Waals surface area contributed by atoms with Crippen LogP contribution in [0.25, 0.3) is 0 Å². The molecule has 0 aliphatic carbocycles. The number of aliphatic carboxylic acids is 1. The van der Waals surface area contributed by atoms with E-state index >= 15 is 0 Å². The molecule has 2 rings (SSSR count). The summed E-state index contributed by atoms with van der Waals surface area (Å²) in [4.78, 5) is 22.4. The van der Waals surface area contributed by atoms with E-state index < -0.39 is 12.6 Å². The molecule has 0 aromatic heterocycles. The zero-order valence-electron chi connectivity index (χ0n) is 19.2. The molecule has 0 spiro atoms. The fraction of sp³-hybridized carbons (Fsp3) is 0.462. The van der Waals surface area contributed by atoms with Crippen molar-refractivity contribution in [3.05, 3.63) is 58.6 Å². The Balaban J connectivity index is 0.00000111. The van der Waals surface area contributed by atoms with Crippen LogP contribution >= 0.6 is 11.6 Å². The molecule has 33 heavy (non-hydrogen) atoms. The van der Waals surface area contributed by atoms with Gasteiger partial charge in [-0.05, 0) is 50.5 Å². The van der Waals surface area contributed by atoms with Gasteiger partial charge < -0.3 is 19.5 Å². The van der Waals surface area contributed by atoms with Crippen LogP contribution in [0.1, 0.15) is 58.6 Å². The molecule has 0 saturated carbocycles. The van der Waals surface area contributed by atoms with E-state index in [9.17, 15) is 9.59 Å². The van der Waals surface area contributed by atoms with Crippen LogP contribution in [0.15, 0.2) is 42.5 Å². The molecule has 0 aliphatic rings. The van der Waals surface area contributed by atoms with Gasteiger partial charge in [-0.15, -0.1) is 0 Å². The second kappa shape index (κ2) is 17.8. The highest BCUT2D eigenvalue weighted by Gasteiger charge is 2.10. The number of hydrogen-bond acceptors (Lipinski definition) is 4. The highest BCUT2D eigenvalue weighted by atomic mass is 35.5. The highest BCUT2D eigenvalue weighted by Crippen LogP contribution is 2.30. The van der Waals surface area contributed by atoms with Crippen molar-refractivity contribution in [3.63, 3.8) is 0 Å². The molecule has 0 radical (unpaired) electrons. The zero-order chi connectivity index (χ0) is 23.8. The Morgan fingerprint density at radius 3 is 2.27 bits per heavy atom. The van der Waals surface area contributed by atoms with Gasteiger partial charge in [0.05, 0.1) is 0 Å². The molecule has 1 N–H and O–H groups in total. The van der Waals surface area contributed by atoms with E-state index in [-0.39, 0.29) is 14.0 Å². The number of ether oxygens (including phenoxy) is 2. The summed E-state index contributed by atoms with van der Waals surface area (Å²) >= 11 is 6.14. The van der Waals surface area contributed by atoms with Gasteiger partial charge >= 0.3 is 5.97 Å². The Labute approximate surface area is 203 Å². The maximum absolute atomic E-state index is 10.8. The Morgan fingerprint density at radius 2 is 1.73 bits per heavy atom. The first-order valence-corrected chi connectivity index (χ1v) is 11.4. The van der Waals surface area contributed by atoms with Crippen molar-refractivity contribution in [2.75, 3.05) is 19.7 Å². The maximum atomic E-state index is 10.8. The standard InChI is InChI=1S/C20H23ClO4.C5H11NO.CH4/c1-2-3-4-7-15-10-11-18(19(12-15)25-14-20(22)23)24-13-16-8-5-6-9-17(16)21;1-3-6(4-2)5-7;/h5-6,8-12H,2-4,7,13-14H2,1H3,(H,22,23);5H,3-4H2,1-2H3;1H4. The van der Waals surface area contributed by atoms with E-state index in [1.54, 1.807) is 11.0 Å². The summed E-state index contributed by atoms with van der Waals surface area (Å²) in [6.45, 7) is 7.60. The van der Waals surface area contributed by atoms with E-state index in [1.807, 2.05) is 50.2 Å². The van der Waals surface area contributed by atoms with Gasteiger partial charge in [0.2, 0.25) is 6.41 Å². The number of aryl methyl sites for hydroxylation is 1. The molecule has 1 amide bonds. The number of carbonyl (C=O) groups is 2. The summed E-state index contributed by atoms with van der Waals surface area (Å²) in [5.74, 6) is -0.0581. The van der Waals surface area contributed by atoms with Gasteiger partial charge in [-0.1, -0.05) is 63.1 Å². The van der Waals surface area contributed by atoms with Crippen LogP contribution in [0.3, 0.4) is 0 Å². The number of hydrogen-bond donors (Lipinski definition) is 1. The number of carbonyl (C=O) groups excluding carboxylic acids is 1. The summed E-state index contributed by atoms with van der Waals surface area (Å²) in [7, 11) is 0. The number of nitrogens with zero attached hydrogens (tertiary/aromatic N) is 1. The van der Waals surface area contributed by atoms with E-state index in [0.717, 1.165) is 56.3 Å². The third-order valence-corrected chi connectivity index (χ3v) is 5.10. The number of benzene rings is 2. The van der Waals surface area contributed by atoms with Crippen LogP contribution in [0.5, 0.6) is 11.5 Å². The van der Waals surface area contributed by atoms with Crippen LogP contribution in [-0.4, -0.2) is 42.1 Å². The lowest BCUT2D eigenvalue weighted by molar-refractivity contribution is -0.139. The fourth-order valence-corrected chi connectivity index (χ4v) is 2.99. The molecule has 0 unspecified atom stereocenters. The van der Waals surface area contributed by atoms with Crippen LogP contribution in [-0.2, 0) is 22.6 Å². The summed E-state index contributed by atoms with van der Waals surface area (Å²) in [6, 6.07) is 13.1. The van der Waals surface area contributed by atoms with Crippen LogP contribution in [0, 0.1) is 0 Å². The second-order valence-corrected chi connectivity index (χ2v) is 7.53. The van der Waals surface area contributed by atoms with Crippen molar-refractivity contribution in [2.24, 2.45) is 0 Å². The third-order valence-electron chi connectivity index (χ3n) is 4.73. The molecule has 2 aromatic carbocycles. The van der Waals surface area contributed by atoms with Gasteiger partial charge in [0, 0.05) is 23.7 Å². The molecule has 0 fully saturated rings. The average Bonchev–Trinajstić information content (AvgIpc) is 2.79. The summed E-state index contributed by atoms with van der Waals surface area (Å²) < 4.78 is 11.2. The first-order chi connectivity index (χ1) is 15.4. The number of amides is 1. The smallest absolute Gasteiger partial charge is 0.341 e. The van der Waals surface area contributed by atoms with Gasteiger partial charge in [0.25, 0.3) is 0 Å². The van der Waals surface area contributed by atoms with E-state index in [1.165, 1.54) is 0 Å². The van der Waals surface area contributed by atoms with Gasteiger partial charge in [-0.25, -0.2) is 4.79 Å². The van der Waals surface area contributed by atoms with Crippen molar-refractivity contribution >= 4 is 24.0 Å². The van der Waals surface area contributed by atoms with Gasteiger partial charge in [0.1, 0.15) is 6.61 Å². The lowest BCUT2D eigenvalue weighted by Crippen LogP contribution is -2.19. The van der Waals surface area contributed by atoms with Crippen molar-refractivity contribution in [1.29, 1.82) is 0 Å². The molecule has 184 valence electrons. The van der Waals surface area contributed by atoms with Gasteiger partial charge in [-0.3, -0.25) is 4.79 Å². The molecule has 2 aromatic rings. The first-order valence-electron chi connectivity index (χ1n) is 11.0. The van der Waals surface area contributed by atoms with Crippen LogP contribution in [0.2, 0.25) is 5.02 Å². The largest absolute Gasteiger partial charge is 0.485 e. The predicted octanol–water partition coefficient (Wildman–Crippen LogP) is 6.24. The normalized spacial score (nSPS) is 9.70. The second-order valence-electron chi connectivity index (χ2n) is 7.13. The van der Waals surface area contributed by atoms with Gasteiger partial charge in [0.15, 0.2) is 18.1 Å². The Morgan fingerprint density at radius 1 is 1.03 bits per heavy atom. The molecular weight excluding hydrogens is 442 g/mol. The number of rotatable bonds is 13. The third kappa shape index (κ3) is 12.2. The van der Waals surface area contributed by atoms with Crippen molar-refractivity contribution in [1.82, 2.24) is 4.90 Å². The van der Waals surface area contributed by atoms with E-state index in [4.69, 9.17) is 26.2 Å². The van der Waals surface area contributed by atoms with Crippen LogP contribution < -0.4 is 9.47 Å². The lowest BCUT2D eigenvalue weighted by Gasteiger charge is -2.14. The zero-order valence-corrected chi connectivity index (χ0v) is 19.9. The van der Waals surface area contributed by atoms with Crippen LogP contribution in [0.4, 0.5) is 0 Å². The minimum absolute atomic E-state index is 0. The highest BCUT2D eigenvalue weighted by molar-refractivity contribution is 6.31. The predicted molar refractivity (Wildman–Crippen MR) is 134 cm³/mol. The maximum Gasteiger partial charge on any atom is 0.341 e. The number of carboxylic acid groups (broad SMARTS) is 1. The molecule has 6 nitrogen and oxygen atoms in total. The molecule has 0 saturated heterocycles. The van der Waals surface area contributed by atoms with Gasteiger partial charge in [-0.2, -0.15) is 0 Å². The monoisotopic (exact) mass is 479 g/mol. The fourth-order valence-electron chi connectivity index (χ4n) is 2.80. The topological polar surface area (TPSA) is 76.1 Å². The first kappa shape index (κ1) is 30.3.